The van der Waals surface area contributed by atoms with Gasteiger partial charge in [-0.3, -0.25) is 0 Å². The fourth-order valence-electron chi connectivity index (χ4n) is 1.15. The Kier molecular flexibility index (Phi) is 4.74. The van der Waals surface area contributed by atoms with Crippen molar-refractivity contribution in [2.75, 3.05) is 0 Å². The highest BCUT2D eigenvalue weighted by Crippen LogP contribution is 2.10. The minimum Gasteiger partial charge on any atom is -0.309 e. The van der Waals surface area contributed by atoms with Gasteiger partial charge in [0.2, 0.25) is 0 Å². The van der Waals surface area contributed by atoms with Crippen molar-refractivity contribution in [2.45, 2.75) is 65.5 Å². The molecule has 0 saturated heterocycles. The van der Waals surface area contributed by atoms with Gasteiger partial charge in [0.15, 0.2) is 0 Å². The Bertz CT molecular complexity index is 93.0. The molecule has 1 nitrogen and oxygen atoms in total. The molecule has 0 unspecified atom stereocenters. The SMILES string of the molecule is CCC(CC)NC(C)(C)CC. The van der Waals surface area contributed by atoms with Crippen LogP contribution in [0.4, 0.5) is 0 Å². The van der Waals surface area contributed by atoms with E-state index in [-0.39, 0.29) is 0 Å². The van der Waals surface area contributed by atoms with E-state index < -0.39 is 0 Å². The summed E-state index contributed by atoms with van der Waals surface area (Å²) in [5.41, 5.74) is 0.316. The molecule has 0 rings (SSSR count). The molecule has 1 N–H and O–H groups in total. The topological polar surface area (TPSA) is 12.0 Å². The van der Waals surface area contributed by atoms with Crippen molar-refractivity contribution in [3.8, 4) is 0 Å². The Morgan fingerprint density at radius 1 is 1.09 bits per heavy atom. The molecular formula is C10H23N. The zero-order valence-electron chi connectivity index (χ0n) is 8.70. The first-order valence-corrected chi connectivity index (χ1v) is 4.83. The van der Waals surface area contributed by atoms with Gasteiger partial charge in [0, 0.05) is 11.6 Å². The summed E-state index contributed by atoms with van der Waals surface area (Å²) >= 11 is 0. The van der Waals surface area contributed by atoms with E-state index in [2.05, 4.69) is 39.9 Å². The fourth-order valence-corrected chi connectivity index (χ4v) is 1.15. The van der Waals surface area contributed by atoms with E-state index >= 15 is 0 Å². The van der Waals surface area contributed by atoms with Crippen molar-refractivity contribution >= 4 is 0 Å². The minimum atomic E-state index is 0.316. The molecule has 11 heavy (non-hydrogen) atoms. The van der Waals surface area contributed by atoms with Gasteiger partial charge in [0.1, 0.15) is 0 Å². The Morgan fingerprint density at radius 2 is 1.55 bits per heavy atom. The van der Waals surface area contributed by atoms with Crippen molar-refractivity contribution in [1.29, 1.82) is 0 Å². The average Bonchev–Trinajstić information content (AvgIpc) is 2.00. The summed E-state index contributed by atoms with van der Waals surface area (Å²) in [5, 5.41) is 3.64. The molecule has 0 saturated carbocycles. The van der Waals surface area contributed by atoms with Crippen LogP contribution in [0.25, 0.3) is 0 Å². The third-order valence-electron chi connectivity index (χ3n) is 2.46. The van der Waals surface area contributed by atoms with Crippen LogP contribution in [0.15, 0.2) is 0 Å². The lowest BCUT2D eigenvalue weighted by atomic mass is 9.99. The van der Waals surface area contributed by atoms with Crippen LogP contribution in [0.5, 0.6) is 0 Å². The Labute approximate surface area is 71.6 Å². The van der Waals surface area contributed by atoms with Gasteiger partial charge >= 0.3 is 0 Å². The number of nitrogens with one attached hydrogen (secondary N) is 1. The minimum absolute atomic E-state index is 0.316. The Hall–Kier alpha value is -0.0400. The summed E-state index contributed by atoms with van der Waals surface area (Å²) in [6.45, 7) is 11.3. The predicted octanol–water partition coefficient (Wildman–Crippen LogP) is 2.95. The Balaban J connectivity index is 3.79. The summed E-state index contributed by atoms with van der Waals surface area (Å²) in [6.07, 6.45) is 3.67. The van der Waals surface area contributed by atoms with Gasteiger partial charge in [-0.2, -0.15) is 0 Å². The van der Waals surface area contributed by atoms with Crippen molar-refractivity contribution < 1.29 is 0 Å². The first kappa shape index (κ1) is 11.0. The molecule has 68 valence electrons. The molecule has 0 aromatic rings. The van der Waals surface area contributed by atoms with E-state index in [1.165, 1.54) is 19.3 Å². The van der Waals surface area contributed by atoms with Crippen molar-refractivity contribution in [1.82, 2.24) is 5.32 Å². The third-order valence-corrected chi connectivity index (χ3v) is 2.46. The van der Waals surface area contributed by atoms with Gasteiger partial charge < -0.3 is 5.32 Å². The predicted molar refractivity (Wildman–Crippen MR) is 51.9 cm³/mol. The number of hydrogen-bond acceptors (Lipinski definition) is 1. The molecule has 0 bridgehead atoms. The summed E-state index contributed by atoms with van der Waals surface area (Å²) < 4.78 is 0. The van der Waals surface area contributed by atoms with Crippen LogP contribution >= 0.6 is 0 Å². The Morgan fingerprint density at radius 3 is 1.82 bits per heavy atom. The van der Waals surface area contributed by atoms with Gasteiger partial charge in [0.05, 0.1) is 0 Å². The van der Waals surface area contributed by atoms with Crippen LogP contribution < -0.4 is 5.32 Å². The molecular weight excluding hydrogens is 134 g/mol. The maximum Gasteiger partial charge on any atom is 0.0125 e. The first-order valence-electron chi connectivity index (χ1n) is 4.83. The lowest BCUT2D eigenvalue weighted by molar-refractivity contribution is 0.312. The highest BCUT2D eigenvalue weighted by molar-refractivity contribution is 4.79. The molecule has 0 amide bonds. The molecule has 0 atom stereocenters. The van der Waals surface area contributed by atoms with Crippen molar-refractivity contribution in [3.05, 3.63) is 0 Å². The third kappa shape index (κ3) is 4.41. The maximum absolute atomic E-state index is 3.64. The van der Waals surface area contributed by atoms with Crippen molar-refractivity contribution in [3.63, 3.8) is 0 Å². The van der Waals surface area contributed by atoms with E-state index in [0.717, 1.165) is 0 Å². The molecule has 0 aliphatic carbocycles. The highest BCUT2D eigenvalue weighted by atomic mass is 15.0. The average molecular weight is 157 g/mol. The molecule has 0 aliphatic rings. The van der Waals surface area contributed by atoms with Crippen LogP contribution in [0.3, 0.4) is 0 Å². The summed E-state index contributed by atoms with van der Waals surface area (Å²) in [7, 11) is 0. The molecule has 0 radical (unpaired) electrons. The molecule has 0 aromatic carbocycles. The molecule has 0 aliphatic heterocycles. The standard InChI is InChI=1S/C10H23N/c1-6-9(7-2)11-10(4,5)8-3/h9,11H,6-8H2,1-5H3. The van der Waals surface area contributed by atoms with Gasteiger partial charge in [0.25, 0.3) is 0 Å². The van der Waals surface area contributed by atoms with E-state index in [1.54, 1.807) is 0 Å². The number of rotatable bonds is 5. The zero-order chi connectivity index (χ0) is 8.91. The largest absolute Gasteiger partial charge is 0.309 e. The van der Waals surface area contributed by atoms with Crippen LogP contribution in [-0.2, 0) is 0 Å². The van der Waals surface area contributed by atoms with Crippen molar-refractivity contribution in [2.24, 2.45) is 0 Å². The van der Waals surface area contributed by atoms with E-state index in [0.29, 0.717) is 11.6 Å². The first-order chi connectivity index (χ1) is 5.05. The molecule has 0 aromatic heterocycles. The second kappa shape index (κ2) is 4.76. The zero-order valence-corrected chi connectivity index (χ0v) is 8.70. The van der Waals surface area contributed by atoms with Gasteiger partial charge in [-0.25, -0.2) is 0 Å². The molecule has 1 heteroatoms. The van der Waals surface area contributed by atoms with Crippen LogP contribution in [0.1, 0.15) is 53.9 Å². The van der Waals surface area contributed by atoms with Gasteiger partial charge in [-0.15, -0.1) is 0 Å². The smallest absolute Gasteiger partial charge is 0.0125 e. The second-order valence-corrected chi connectivity index (χ2v) is 3.90. The van der Waals surface area contributed by atoms with E-state index in [9.17, 15) is 0 Å². The highest BCUT2D eigenvalue weighted by Gasteiger charge is 2.17. The molecule has 0 spiro atoms. The quantitative estimate of drug-likeness (QED) is 0.647. The van der Waals surface area contributed by atoms with Crippen LogP contribution in [0.2, 0.25) is 0 Å². The van der Waals surface area contributed by atoms with E-state index in [4.69, 9.17) is 0 Å². The van der Waals surface area contributed by atoms with Crippen LogP contribution in [-0.4, -0.2) is 11.6 Å². The lowest BCUT2D eigenvalue weighted by Gasteiger charge is -2.30. The summed E-state index contributed by atoms with van der Waals surface area (Å²) in [6, 6.07) is 0.699. The summed E-state index contributed by atoms with van der Waals surface area (Å²) in [5.74, 6) is 0. The lowest BCUT2D eigenvalue weighted by Crippen LogP contribution is -2.44. The van der Waals surface area contributed by atoms with Crippen LogP contribution in [0, 0.1) is 0 Å². The van der Waals surface area contributed by atoms with Gasteiger partial charge in [-0.1, -0.05) is 20.8 Å². The summed E-state index contributed by atoms with van der Waals surface area (Å²) in [4.78, 5) is 0. The molecule has 0 heterocycles. The normalized spacial score (nSPS) is 12.5. The van der Waals surface area contributed by atoms with Gasteiger partial charge in [-0.05, 0) is 33.1 Å². The molecule has 0 fully saturated rings. The number of hydrogen-bond donors (Lipinski definition) is 1. The second-order valence-electron chi connectivity index (χ2n) is 3.90. The van der Waals surface area contributed by atoms with E-state index in [1.807, 2.05) is 0 Å². The monoisotopic (exact) mass is 157 g/mol. The fraction of sp³-hybridized carbons (Fsp3) is 1.00. The maximum atomic E-state index is 3.64.